The van der Waals surface area contributed by atoms with Crippen LogP contribution in [0.3, 0.4) is 0 Å². The van der Waals surface area contributed by atoms with E-state index < -0.39 is 22.5 Å². The van der Waals surface area contributed by atoms with Crippen molar-refractivity contribution in [1.29, 1.82) is 0 Å². The first-order chi connectivity index (χ1) is 13.3. The summed E-state index contributed by atoms with van der Waals surface area (Å²) in [7, 11) is -3.96. The zero-order valence-corrected chi connectivity index (χ0v) is 16.9. The molecule has 0 fully saturated rings. The number of anilines is 1. The van der Waals surface area contributed by atoms with Gasteiger partial charge in [0.15, 0.2) is 0 Å². The standard InChI is InChI=1S/C22H23NO4S/c1-16(2)27-22(24)15-23(28(25,26)19-13-11-17(3)12-14-19)21-10-6-8-18-7-4-5-9-20(18)21/h4-14,16H,15H2,1-3H3. The van der Waals surface area contributed by atoms with Crippen molar-refractivity contribution in [2.75, 3.05) is 10.8 Å². The highest BCUT2D eigenvalue weighted by Gasteiger charge is 2.29. The lowest BCUT2D eigenvalue weighted by Gasteiger charge is -2.25. The van der Waals surface area contributed by atoms with Crippen molar-refractivity contribution in [1.82, 2.24) is 0 Å². The fraction of sp³-hybridized carbons (Fsp3) is 0.227. The van der Waals surface area contributed by atoms with Crippen molar-refractivity contribution in [2.45, 2.75) is 31.8 Å². The van der Waals surface area contributed by atoms with Crippen molar-refractivity contribution < 1.29 is 17.9 Å². The number of benzene rings is 3. The quantitative estimate of drug-likeness (QED) is 0.582. The lowest BCUT2D eigenvalue weighted by molar-refractivity contribution is -0.145. The molecule has 146 valence electrons. The molecule has 28 heavy (non-hydrogen) atoms. The van der Waals surface area contributed by atoms with E-state index in [1.807, 2.05) is 37.3 Å². The third-order valence-corrected chi connectivity index (χ3v) is 6.06. The average Bonchev–Trinajstić information content (AvgIpc) is 2.65. The summed E-state index contributed by atoms with van der Waals surface area (Å²) in [6.07, 6.45) is -0.330. The Kier molecular flexibility index (Phi) is 5.70. The molecule has 0 bridgehead atoms. The van der Waals surface area contributed by atoms with E-state index in [0.717, 1.165) is 20.6 Å². The van der Waals surface area contributed by atoms with Crippen LogP contribution in [0.2, 0.25) is 0 Å². The summed E-state index contributed by atoms with van der Waals surface area (Å²) in [6.45, 7) is 4.95. The Morgan fingerprint density at radius 2 is 1.61 bits per heavy atom. The van der Waals surface area contributed by atoms with Crippen LogP contribution in [0, 0.1) is 6.92 Å². The highest BCUT2D eigenvalue weighted by Crippen LogP contribution is 2.31. The number of rotatable bonds is 6. The molecule has 3 aromatic rings. The van der Waals surface area contributed by atoms with Crippen LogP contribution >= 0.6 is 0 Å². The van der Waals surface area contributed by atoms with E-state index in [-0.39, 0.29) is 11.0 Å². The second-order valence-corrected chi connectivity index (χ2v) is 8.72. The van der Waals surface area contributed by atoms with Crippen LogP contribution in [0.4, 0.5) is 5.69 Å². The fourth-order valence-electron chi connectivity index (χ4n) is 2.98. The second kappa shape index (κ2) is 8.02. The minimum Gasteiger partial charge on any atom is -0.462 e. The zero-order chi connectivity index (χ0) is 20.3. The number of ether oxygens (including phenoxy) is 1. The third kappa shape index (κ3) is 4.17. The third-order valence-electron chi connectivity index (χ3n) is 4.28. The molecule has 5 nitrogen and oxygen atoms in total. The minimum atomic E-state index is -3.96. The first-order valence-electron chi connectivity index (χ1n) is 9.05. The van der Waals surface area contributed by atoms with Crippen LogP contribution in [0.25, 0.3) is 10.8 Å². The number of hydrogen-bond acceptors (Lipinski definition) is 4. The molecule has 0 amide bonds. The Morgan fingerprint density at radius 1 is 0.964 bits per heavy atom. The predicted octanol–water partition coefficient (Wildman–Crippen LogP) is 4.30. The topological polar surface area (TPSA) is 63.7 Å². The van der Waals surface area contributed by atoms with Gasteiger partial charge in [0, 0.05) is 5.39 Å². The van der Waals surface area contributed by atoms with Crippen molar-refractivity contribution in [3.05, 3.63) is 72.3 Å². The highest BCUT2D eigenvalue weighted by atomic mass is 32.2. The van der Waals surface area contributed by atoms with Crippen LogP contribution in [-0.2, 0) is 19.6 Å². The lowest BCUT2D eigenvalue weighted by Crippen LogP contribution is -2.37. The van der Waals surface area contributed by atoms with Gasteiger partial charge in [-0.1, -0.05) is 54.1 Å². The number of hydrogen-bond donors (Lipinski definition) is 0. The van der Waals surface area contributed by atoms with E-state index in [9.17, 15) is 13.2 Å². The molecule has 6 heteroatoms. The average molecular weight is 397 g/mol. The van der Waals surface area contributed by atoms with Gasteiger partial charge in [0.2, 0.25) is 0 Å². The predicted molar refractivity (Wildman–Crippen MR) is 111 cm³/mol. The van der Waals surface area contributed by atoms with Crippen LogP contribution in [0.1, 0.15) is 19.4 Å². The largest absolute Gasteiger partial charge is 0.462 e. The maximum absolute atomic E-state index is 13.4. The number of carbonyl (C=O) groups excluding carboxylic acids is 1. The van der Waals surface area contributed by atoms with Gasteiger partial charge in [-0.25, -0.2) is 8.42 Å². The number of esters is 1. The van der Waals surface area contributed by atoms with Gasteiger partial charge in [0.25, 0.3) is 10.0 Å². The Morgan fingerprint density at radius 3 is 2.29 bits per heavy atom. The Balaban J connectivity index is 2.14. The molecule has 0 spiro atoms. The van der Waals surface area contributed by atoms with Gasteiger partial charge in [-0.15, -0.1) is 0 Å². The summed E-state index contributed by atoms with van der Waals surface area (Å²) >= 11 is 0. The molecule has 0 aliphatic carbocycles. The maximum atomic E-state index is 13.4. The van der Waals surface area contributed by atoms with E-state index in [1.165, 1.54) is 0 Å². The van der Waals surface area contributed by atoms with E-state index in [1.54, 1.807) is 50.2 Å². The molecule has 0 atom stereocenters. The van der Waals surface area contributed by atoms with Crippen molar-refractivity contribution in [3.8, 4) is 0 Å². The number of fused-ring (bicyclic) bond motifs is 1. The van der Waals surface area contributed by atoms with Crippen LogP contribution in [-0.4, -0.2) is 27.0 Å². The van der Waals surface area contributed by atoms with E-state index >= 15 is 0 Å². The normalized spacial score (nSPS) is 11.6. The molecule has 0 saturated heterocycles. The van der Waals surface area contributed by atoms with Gasteiger partial charge >= 0.3 is 5.97 Å². The van der Waals surface area contributed by atoms with Gasteiger partial charge in [-0.2, -0.15) is 0 Å². The molecule has 0 aromatic heterocycles. The molecule has 0 unspecified atom stereocenters. The van der Waals surface area contributed by atoms with Gasteiger partial charge in [-0.05, 0) is 44.4 Å². The molecule has 3 rings (SSSR count). The molecule has 0 aliphatic heterocycles. The van der Waals surface area contributed by atoms with Gasteiger partial charge in [-0.3, -0.25) is 9.10 Å². The number of sulfonamides is 1. The maximum Gasteiger partial charge on any atom is 0.327 e. The molecule has 0 aliphatic rings. The van der Waals surface area contributed by atoms with E-state index in [2.05, 4.69) is 0 Å². The van der Waals surface area contributed by atoms with Crippen molar-refractivity contribution in [3.63, 3.8) is 0 Å². The molecular weight excluding hydrogens is 374 g/mol. The molecule has 0 radical (unpaired) electrons. The SMILES string of the molecule is Cc1ccc(S(=O)(=O)N(CC(=O)OC(C)C)c2cccc3ccccc23)cc1. The van der Waals surface area contributed by atoms with E-state index in [0.29, 0.717) is 5.69 Å². The summed E-state index contributed by atoms with van der Waals surface area (Å²) in [4.78, 5) is 12.5. The molecule has 0 heterocycles. The van der Waals surface area contributed by atoms with Gasteiger partial charge in [0.05, 0.1) is 16.7 Å². The zero-order valence-electron chi connectivity index (χ0n) is 16.1. The Hall–Kier alpha value is -2.86. The smallest absolute Gasteiger partial charge is 0.327 e. The van der Waals surface area contributed by atoms with Gasteiger partial charge < -0.3 is 4.74 Å². The lowest BCUT2D eigenvalue weighted by atomic mass is 10.1. The van der Waals surface area contributed by atoms with Crippen LogP contribution in [0.15, 0.2) is 71.6 Å². The Labute approximate surface area is 165 Å². The second-order valence-electron chi connectivity index (χ2n) is 6.86. The molecule has 0 N–H and O–H groups in total. The van der Waals surface area contributed by atoms with Crippen LogP contribution < -0.4 is 4.31 Å². The summed E-state index contributed by atoms with van der Waals surface area (Å²) in [6, 6.07) is 19.4. The summed E-state index contributed by atoms with van der Waals surface area (Å²) in [5.74, 6) is -0.598. The summed E-state index contributed by atoms with van der Waals surface area (Å²) in [5.41, 5.74) is 1.40. The molecular formula is C22H23NO4S. The van der Waals surface area contributed by atoms with Crippen molar-refractivity contribution >= 4 is 32.5 Å². The first-order valence-corrected chi connectivity index (χ1v) is 10.5. The number of aryl methyl sites for hydroxylation is 1. The Bertz CT molecular complexity index is 1080. The molecule has 3 aromatic carbocycles. The van der Waals surface area contributed by atoms with E-state index in [4.69, 9.17) is 4.74 Å². The van der Waals surface area contributed by atoms with Crippen molar-refractivity contribution in [2.24, 2.45) is 0 Å². The fourth-order valence-corrected chi connectivity index (χ4v) is 4.41. The molecule has 0 saturated carbocycles. The van der Waals surface area contributed by atoms with Gasteiger partial charge in [0.1, 0.15) is 6.54 Å². The first kappa shape index (κ1) is 19.9. The minimum absolute atomic E-state index is 0.128. The van der Waals surface area contributed by atoms with Crippen LogP contribution in [0.5, 0.6) is 0 Å². The summed E-state index contributed by atoms with van der Waals surface area (Å²) in [5, 5.41) is 1.64. The summed E-state index contributed by atoms with van der Waals surface area (Å²) < 4.78 is 33.2. The number of nitrogens with zero attached hydrogens (tertiary/aromatic N) is 1. The monoisotopic (exact) mass is 397 g/mol. The highest BCUT2D eigenvalue weighted by molar-refractivity contribution is 7.92. The number of carbonyl (C=O) groups is 1.